The number of carbonyl (C=O) groups excluding carboxylic acids is 1. The second-order valence-electron chi connectivity index (χ2n) is 6.51. The van der Waals surface area contributed by atoms with Crippen LogP contribution in [-0.2, 0) is 6.54 Å². The summed E-state index contributed by atoms with van der Waals surface area (Å²) < 4.78 is 19.0. The molecule has 2 N–H and O–H groups in total. The molecule has 1 aromatic carbocycles. The number of rotatable bonds is 3. The molecule has 2 aromatic rings. The van der Waals surface area contributed by atoms with Gasteiger partial charge in [0.2, 0.25) is 0 Å². The van der Waals surface area contributed by atoms with Gasteiger partial charge in [0.05, 0.1) is 12.6 Å². The maximum Gasteiger partial charge on any atom is 0.317 e. The molecule has 1 aliphatic heterocycles. The summed E-state index contributed by atoms with van der Waals surface area (Å²) in [7, 11) is 0. The molecular formula is C18H23FN2O3. The Labute approximate surface area is 140 Å². The molecule has 130 valence electrons. The molecule has 24 heavy (non-hydrogen) atoms. The van der Waals surface area contributed by atoms with Crippen LogP contribution in [-0.4, -0.2) is 35.2 Å². The Balaban J connectivity index is 1.60. The van der Waals surface area contributed by atoms with E-state index in [2.05, 4.69) is 5.32 Å². The van der Waals surface area contributed by atoms with E-state index in [4.69, 9.17) is 4.42 Å². The van der Waals surface area contributed by atoms with E-state index in [1.807, 2.05) is 6.92 Å². The molecule has 2 amide bonds. The van der Waals surface area contributed by atoms with Gasteiger partial charge in [0.15, 0.2) is 0 Å². The molecule has 1 unspecified atom stereocenters. The van der Waals surface area contributed by atoms with Crippen LogP contribution >= 0.6 is 0 Å². The van der Waals surface area contributed by atoms with Crippen LogP contribution in [0.1, 0.15) is 31.1 Å². The van der Waals surface area contributed by atoms with Gasteiger partial charge in [0, 0.05) is 24.0 Å². The van der Waals surface area contributed by atoms with E-state index < -0.39 is 0 Å². The number of fused-ring (bicyclic) bond motifs is 1. The van der Waals surface area contributed by atoms with Crippen molar-refractivity contribution in [3.8, 4) is 0 Å². The van der Waals surface area contributed by atoms with Gasteiger partial charge in [0.25, 0.3) is 0 Å². The third kappa shape index (κ3) is 3.38. The van der Waals surface area contributed by atoms with Gasteiger partial charge in [0.1, 0.15) is 17.2 Å². The number of piperidine rings is 1. The quantitative estimate of drug-likeness (QED) is 0.906. The number of aliphatic hydroxyl groups excluding tert-OH is 1. The number of urea groups is 1. The van der Waals surface area contributed by atoms with Gasteiger partial charge < -0.3 is 19.7 Å². The first-order chi connectivity index (χ1) is 11.5. The van der Waals surface area contributed by atoms with Crippen molar-refractivity contribution >= 4 is 17.0 Å². The van der Waals surface area contributed by atoms with Crippen molar-refractivity contribution in [1.82, 2.24) is 10.2 Å². The second-order valence-corrected chi connectivity index (χ2v) is 6.51. The zero-order chi connectivity index (χ0) is 17.3. The SMILES string of the molecule is Cc1c(CNC(=O)N2CCC(C(C)O)CC2)oc2ccc(F)cc12. The summed E-state index contributed by atoms with van der Waals surface area (Å²) in [4.78, 5) is 14.0. The standard InChI is InChI=1S/C18H23FN2O3/c1-11-15-9-14(19)3-4-16(15)24-17(11)10-20-18(23)21-7-5-13(6-8-21)12(2)22/h3-4,9,12-13,22H,5-8,10H2,1-2H3,(H,20,23). The Morgan fingerprint density at radius 3 is 2.83 bits per heavy atom. The van der Waals surface area contributed by atoms with E-state index in [9.17, 15) is 14.3 Å². The van der Waals surface area contributed by atoms with Gasteiger partial charge in [-0.25, -0.2) is 9.18 Å². The molecule has 1 atom stereocenters. The molecule has 0 bridgehead atoms. The number of amides is 2. The summed E-state index contributed by atoms with van der Waals surface area (Å²) in [5, 5.41) is 13.2. The summed E-state index contributed by atoms with van der Waals surface area (Å²) in [6.07, 6.45) is 1.30. The maximum absolute atomic E-state index is 13.3. The first-order valence-corrected chi connectivity index (χ1v) is 8.34. The number of nitrogens with zero attached hydrogens (tertiary/aromatic N) is 1. The topological polar surface area (TPSA) is 65.7 Å². The van der Waals surface area contributed by atoms with Crippen molar-refractivity contribution in [2.24, 2.45) is 5.92 Å². The van der Waals surface area contributed by atoms with E-state index in [0.29, 0.717) is 24.4 Å². The third-order valence-electron chi connectivity index (χ3n) is 4.91. The molecule has 2 heterocycles. The zero-order valence-electron chi connectivity index (χ0n) is 14.0. The summed E-state index contributed by atoms with van der Waals surface area (Å²) >= 11 is 0. The summed E-state index contributed by atoms with van der Waals surface area (Å²) in [5.74, 6) is 0.604. The number of aliphatic hydroxyl groups is 1. The molecule has 0 saturated carbocycles. The van der Waals surface area contributed by atoms with Crippen molar-refractivity contribution in [2.75, 3.05) is 13.1 Å². The van der Waals surface area contributed by atoms with Gasteiger partial charge in [-0.1, -0.05) is 0 Å². The van der Waals surface area contributed by atoms with Crippen molar-refractivity contribution in [1.29, 1.82) is 0 Å². The molecule has 0 spiro atoms. The molecule has 0 radical (unpaired) electrons. The highest BCUT2D eigenvalue weighted by atomic mass is 19.1. The Bertz CT molecular complexity index is 733. The minimum atomic E-state index is -0.325. The first-order valence-electron chi connectivity index (χ1n) is 8.34. The average molecular weight is 334 g/mol. The predicted molar refractivity (Wildman–Crippen MR) is 89.1 cm³/mol. The Morgan fingerprint density at radius 1 is 1.46 bits per heavy atom. The summed E-state index contributed by atoms with van der Waals surface area (Å²) in [6, 6.07) is 4.27. The fraction of sp³-hybridized carbons (Fsp3) is 0.500. The second kappa shape index (κ2) is 6.81. The van der Waals surface area contributed by atoms with Crippen LogP contribution < -0.4 is 5.32 Å². The Hall–Kier alpha value is -2.08. The minimum Gasteiger partial charge on any atom is -0.459 e. The summed E-state index contributed by atoms with van der Waals surface area (Å²) in [5.41, 5.74) is 1.47. The number of carbonyl (C=O) groups is 1. The molecule has 3 rings (SSSR count). The molecular weight excluding hydrogens is 311 g/mol. The smallest absolute Gasteiger partial charge is 0.317 e. The van der Waals surface area contributed by atoms with Crippen molar-refractivity contribution in [3.05, 3.63) is 35.3 Å². The fourth-order valence-corrected chi connectivity index (χ4v) is 3.27. The van der Waals surface area contributed by atoms with Crippen LogP contribution in [0.2, 0.25) is 0 Å². The maximum atomic E-state index is 13.3. The van der Waals surface area contributed by atoms with E-state index in [0.717, 1.165) is 23.8 Å². The van der Waals surface area contributed by atoms with E-state index in [1.54, 1.807) is 17.9 Å². The summed E-state index contributed by atoms with van der Waals surface area (Å²) in [6.45, 7) is 5.23. The van der Waals surface area contributed by atoms with Gasteiger partial charge in [-0.3, -0.25) is 0 Å². The number of hydrogen-bond donors (Lipinski definition) is 2. The molecule has 6 heteroatoms. The largest absolute Gasteiger partial charge is 0.459 e. The fourth-order valence-electron chi connectivity index (χ4n) is 3.27. The lowest BCUT2D eigenvalue weighted by atomic mass is 9.92. The number of benzene rings is 1. The lowest BCUT2D eigenvalue weighted by Crippen LogP contribution is -2.45. The van der Waals surface area contributed by atoms with E-state index in [-0.39, 0.29) is 30.4 Å². The van der Waals surface area contributed by atoms with E-state index in [1.165, 1.54) is 12.1 Å². The molecule has 5 nitrogen and oxygen atoms in total. The molecule has 1 aliphatic rings. The van der Waals surface area contributed by atoms with Crippen LogP contribution in [0.4, 0.5) is 9.18 Å². The number of likely N-dealkylation sites (tertiary alicyclic amines) is 1. The van der Waals surface area contributed by atoms with Crippen LogP contribution in [0.15, 0.2) is 22.6 Å². The molecule has 1 fully saturated rings. The van der Waals surface area contributed by atoms with E-state index >= 15 is 0 Å². The lowest BCUT2D eigenvalue weighted by Gasteiger charge is -2.33. The van der Waals surface area contributed by atoms with Crippen LogP contribution in [0, 0.1) is 18.7 Å². The van der Waals surface area contributed by atoms with Gasteiger partial charge >= 0.3 is 6.03 Å². The minimum absolute atomic E-state index is 0.134. The molecule has 1 saturated heterocycles. The highest BCUT2D eigenvalue weighted by Crippen LogP contribution is 2.26. The van der Waals surface area contributed by atoms with Crippen molar-refractivity contribution < 1.29 is 18.7 Å². The zero-order valence-corrected chi connectivity index (χ0v) is 14.0. The highest BCUT2D eigenvalue weighted by molar-refractivity contribution is 5.82. The predicted octanol–water partition coefficient (Wildman–Crippen LogP) is 3.18. The lowest BCUT2D eigenvalue weighted by molar-refractivity contribution is 0.0797. The third-order valence-corrected chi connectivity index (χ3v) is 4.91. The molecule has 0 aliphatic carbocycles. The normalized spacial score (nSPS) is 17.2. The first kappa shape index (κ1) is 16.8. The average Bonchev–Trinajstić information content (AvgIpc) is 2.88. The van der Waals surface area contributed by atoms with Gasteiger partial charge in [-0.05, 0) is 50.8 Å². The highest BCUT2D eigenvalue weighted by Gasteiger charge is 2.25. The van der Waals surface area contributed by atoms with Crippen molar-refractivity contribution in [2.45, 2.75) is 39.3 Å². The number of furan rings is 1. The van der Waals surface area contributed by atoms with Crippen molar-refractivity contribution in [3.63, 3.8) is 0 Å². The Kier molecular flexibility index (Phi) is 4.76. The van der Waals surface area contributed by atoms with Crippen LogP contribution in [0.5, 0.6) is 0 Å². The van der Waals surface area contributed by atoms with Crippen LogP contribution in [0.25, 0.3) is 11.0 Å². The number of halogens is 1. The number of nitrogens with one attached hydrogen (secondary N) is 1. The van der Waals surface area contributed by atoms with Crippen LogP contribution in [0.3, 0.4) is 0 Å². The number of aryl methyl sites for hydroxylation is 1. The number of hydrogen-bond acceptors (Lipinski definition) is 3. The molecule has 1 aromatic heterocycles. The van der Waals surface area contributed by atoms with Gasteiger partial charge in [-0.15, -0.1) is 0 Å². The Morgan fingerprint density at radius 2 is 2.17 bits per heavy atom. The monoisotopic (exact) mass is 334 g/mol. The van der Waals surface area contributed by atoms with Gasteiger partial charge in [-0.2, -0.15) is 0 Å².